The zero-order chi connectivity index (χ0) is 18.8. The Morgan fingerprint density at radius 2 is 2.00 bits per heavy atom. The Hall–Kier alpha value is -2.33. The van der Waals surface area contributed by atoms with Crippen molar-refractivity contribution in [1.82, 2.24) is 25.6 Å². The van der Waals surface area contributed by atoms with Gasteiger partial charge in [0.15, 0.2) is 11.0 Å². The maximum absolute atomic E-state index is 13.6. The number of amides is 2. The molecule has 2 aromatic heterocycles. The van der Waals surface area contributed by atoms with E-state index in [4.69, 9.17) is 23.2 Å². The maximum Gasteiger partial charge on any atom is 0.366 e. The normalized spacial score (nSPS) is 11.3. The smallest absolute Gasteiger partial charge is 0.274 e. The Morgan fingerprint density at radius 3 is 2.56 bits per heavy atom. The number of nitrogens with zero attached hydrogens (tertiary/aromatic N) is 3. The van der Waals surface area contributed by atoms with Crippen molar-refractivity contribution in [1.29, 1.82) is 0 Å². The molecule has 2 heterocycles. The number of pyridine rings is 1. The fourth-order valence-electron chi connectivity index (χ4n) is 1.80. The average molecular weight is 396 g/mol. The van der Waals surface area contributed by atoms with Crippen LogP contribution in [0.3, 0.4) is 0 Å². The van der Waals surface area contributed by atoms with Gasteiger partial charge in [0, 0.05) is 13.0 Å². The van der Waals surface area contributed by atoms with Gasteiger partial charge in [-0.15, -0.1) is 0 Å². The summed E-state index contributed by atoms with van der Waals surface area (Å²) in [6.45, 7) is 1.17. The lowest BCUT2D eigenvalue weighted by Gasteiger charge is -2.08. The minimum absolute atomic E-state index is 0.0401. The molecule has 2 rings (SSSR count). The van der Waals surface area contributed by atoms with E-state index in [-0.39, 0.29) is 11.4 Å². The summed E-state index contributed by atoms with van der Waals surface area (Å²) < 4.78 is 41.1. The van der Waals surface area contributed by atoms with Gasteiger partial charge in [0.25, 0.3) is 0 Å². The molecule has 0 aliphatic carbocycles. The minimum atomic E-state index is -3.80. The number of hydrogen-bond donors (Lipinski definition) is 2. The Labute approximate surface area is 149 Å². The van der Waals surface area contributed by atoms with Crippen LogP contribution in [0.15, 0.2) is 18.3 Å². The molecule has 0 spiro atoms. The molecule has 0 aliphatic rings. The van der Waals surface area contributed by atoms with Crippen molar-refractivity contribution in [3.63, 3.8) is 0 Å². The fourth-order valence-corrected chi connectivity index (χ4v) is 2.00. The monoisotopic (exact) mass is 395 g/mol. The van der Waals surface area contributed by atoms with Crippen LogP contribution in [-0.2, 0) is 21.4 Å². The molecule has 0 aliphatic heterocycles. The van der Waals surface area contributed by atoms with Gasteiger partial charge >= 0.3 is 5.38 Å². The summed E-state index contributed by atoms with van der Waals surface area (Å²) in [6.07, 6.45) is 0.633. The van der Waals surface area contributed by atoms with Gasteiger partial charge < -0.3 is 0 Å². The first-order valence-electron chi connectivity index (χ1n) is 6.61. The van der Waals surface area contributed by atoms with E-state index in [0.717, 1.165) is 23.0 Å². The highest BCUT2D eigenvalue weighted by molar-refractivity contribution is 6.29. The van der Waals surface area contributed by atoms with Crippen LogP contribution in [0.2, 0.25) is 5.15 Å². The first-order valence-corrected chi connectivity index (χ1v) is 7.36. The van der Waals surface area contributed by atoms with Crippen LogP contribution in [0.1, 0.15) is 18.3 Å². The lowest BCUT2D eigenvalue weighted by molar-refractivity contribution is -0.127. The van der Waals surface area contributed by atoms with Crippen molar-refractivity contribution < 1.29 is 22.8 Å². The van der Waals surface area contributed by atoms with Crippen LogP contribution in [0.4, 0.5) is 13.2 Å². The van der Waals surface area contributed by atoms with Crippen LogP contribution in [-0.4, -0.2) is 26.6 Å². The number of rotatable bonds is 4. The standard InChI is InChI=1S/C13H10Cl2F3N5O2/c1-6(24)20-21-11(25)4-7-3-10(13(15,17)18)22-23(7)8-2-9(16)12(14)19-5-8/h2-3,5H,4H2,1H3,(H,20,24)(H,21,25). The first kappa shape index (κ1) is 19.0. The van der Waals surface area contributed by atoms with Gasteiger partial charge in [-0.05, 0) is 17.7 Å². The summed E-state index contributed by atoms with van der Waals surface area (Å²) in [4.78, 5) is 26.1. The summed E-state index contributed by atoms with van der Waals surface area (Å²) >= 11 is 10.4. The molecule has 0 atom stereocenters. The molecule has 7 nitrogen and oxygen atoms in total. The predicted molar refractivity (Wildman–Crippen MR) is 81.7 cm³/mol. The van der Waals surface area contributed by atoms with E-state index in [1.165, 1.54) is 6.92 Å². The highest BCUT2D eigenvalue weighted by atomic mass is 35.5. The lowest BCUT2D eigenvalue weighted by Crippen LogP contribution is -2.41. The molecule has 0 bridgehead atoms. The number of hydrazine groups is 1. The number of alkyl halides is 3. The summed E-state index contributed by atoms with van der Waals surface area (Å²) in [5.41, 5.74) is 3.19. The summed E-state index contributed by atoms with van der Waals surface area (Å²) in [6, 6.07) is 1.79. The van der Waals surface area contributed by atoms with Gasteiger partial charge in [0.2, 0.25) is 11.8 Å². The average Bonchev–Trinajstić information content (AvgIpc) is 2.92. The highest BCUT2D eigenvalue weighted by Crippen LogP contribution is 2.32. The van der Waals surface area contributed by atoms with Gasteiger partial charge in [-0.2, -0.15) is 13.9 Å². The van der Waals surface area contributed by atoms with Gasteiger partial charge in [0.1, 0.15) is 5.69 Å². The number of aromatic nitrogens is 3. The van der Waals surface area contributed by atoms with Crippen molar-refractivity contribution in [2.45, 2.75) is 18.7 Å². The Kier molecular flexibility index (Phi) is 5.53. The molecule has 0 radical (unpaired) electrons. The van der Waals surface area contributed by atoms with Crippen LogP contribution in [0.25, 0.3) is 5.69 Å². The molecule has 0 saturated heterocycles. The maximum atomic E-state index is 13.6. The van der Waals surface area contributed by atoms with Crippen LogP contribution >= 0.6 is 23.2 Å². The SMILES string of the molecule is CC(=O)NNC(=O)Cc1cc(C(F)(F)Cl)nn1-c1cnc(Cl)c(F)c1. The van der Waals surface area contributed by atoms with E-state index < -0.39 is 40.3 Å². The number of halogens is 5. The van der Waals surface area contributed by atoms with Gasteiger partial charge in [0.05, 0.1) is 24.0 Å². The second kappa shape index (κ2) is 7.28. The predicted octanol–water partition coefficient (Wildman–Crippen LogP) is 2.06. The van der Waals surface area contributed by atoms with E-state index in [2.05, 4.69) is 15.5 Å². The first-order chi connectivity index (χ1) is 11.6. The third-order valence-corrected chi connectivity index (χ3v) is 3.29. The Morgan fingerprint density at radius 1 is 1.32 bits per heavy atom. The number of carbonyl (C=O) groups is 2. The molecular formula is C13H10Cl2F3N5O2. The van der Waals surface area contributed by atoms with Gasteiger partial charge in [-0.3, -0.25) is 20.4 Å². The minimum Gasteiger partial charge on any atom is -0.274 e. The van der Waals surface area contributed by atoms with Gasteiger partial charge in [-0.25, -0.2) is 14.1 Å². The molecule has 2 aromatic rings. The molecule has 0 fully saturated rings. The van der Waals surface area contributed by atoms with Crippen LogP contribution < -0.4 is 10.9 Å². The Bertz CT molecular complexity index is 822. The molecular weight excluding hydrogens is 386 g/mol. The molecule has 25 heavy (non-hydrogen) atoms. The van der Waals surface area contributed by atoms with E-state index in [1.54, 1.807) is 0 Å². The van der Waals surface area contributed by atoms with Crippen molar-refractivity contribution in [2.24, 2.45) is 0 Å². The molecule has 2 N–H and O–H groups in total. The lowest BCUT2D eigenvalue weighted by atomic mass is 10.2. The second-order valence-corrected chi connectivity index (χ2v) is 5.64. The fraction of sp³-hybridized carbons (Fsp3) is 0.231. The van der Waals surface area contributed by atoms with E-state index >= 15 is 0 Å². The van der Waals surface area contributed by atoms with E-state index in [0.29, 0.717) is 0 Å². The third kappa shape index (κ3) is 4.83. The molecule has 0 aromatic carbocycles. The van der Waals surface area contributed by atoms with Crippen LogP contribution in [0.5, 0.6) is 0 Å². The molecule has 0 saturated carbocycles. The van der Waals surface area contributed by atoms with Gasteiger partial charge in [-0.1, -0.05) is 11.6 Å². The van der Waals surface area contributed by atoms with E-state index in [9.17, 15) is 22.8 Å². The molecule has 0 unspecified atom stereocenters. The molecule has 2 amide bonds. The van der Waals surface area contributed by atoms with Crippen molar-refractivity contribution in [3.05, 3.63) is 40.7 Å². The van der Waals surface area contributed by atoms with Crippen LogP contribution in [0, 0.1) is 5.82 Å². The zero-order valence-electron chi connectivity index (χ0n) is 12.5. The largest absolute Gasteiger partial charge is 0.366 e. The number of hydrogen-bond acceptors (Lipinski definition) is 4. The number of nitrogens with one attached hydrogen (secondary N) is 2. The van der Waals surface area contributed by atoms with Crippen molar-refractivity contribution in [2.75, 3.05) is 0 Å². The summed E-state index contributed by atoms with van der Waals surface area (Å²) in [5.74, 6) is -2.15. The van der Waals surface area contributed by atoms with E-state index in [1.807, 2.05) is 5.43 Å². The Balaban J connectivity index is 2.39. The van der Waals surface area contributed by atoms with Crippen molar-refractivity contribution >= 4 is 35.0 Å². The quantitative estimate of drug-likeness (QED) is 0.471. The topological polar surface area (TPSA) is 88.9 Å². The summed E-state index contributed by atoms with van der Waals surface area (Å²) in [5, 5.41) is -0.624. The third-order valence-electron chi connectivity index (χ3n) is 2.82. The zero-order valence-corrected chi connectivity index (χ0v) is 14.0. The highest BCUT2D eigenvalue weighted by Gasteiger charge is 2.33. The molecule has 134 valence electrons. The summed E-state index contributed by atoms with van der Waals surface area (Å²) in [7, 11) is 0. The number of carbonyl (C=O) groups excluding carboxylic acids is 2. The second-order valence-electron chi connectivity index (χ2n) is 4.80. The van der Waals surface area contributed by atoms with Crippen molar-refractivity contribution in [3.8, 4) is 5.69 Å². The molecule has 12 heteroatoms.